The van der Waals surface area contributed by atoms with Crippen molar-refractivity contribution in [1.82, 2.24) is 10.2 Å². The van der Waals surface area contributed by atoms with E-state index in [0.29, 0.717) is 17.9 Å². The Kier molecular flexibility index (Phi) is 4.22. The molecule has 1 saturated heterocycles. The van der Waals surface area contributed by atoms with Gasteiger partial charge in [0.2, 0.25) is 5.91 Å². The number of hydrogen-bond donors (Lipinski definition) is 1. The van der Waals surface area contributed by atoms with Crippen LogP contribution in [0.2, 0.25) is 0 Å². The van der Waals surface area contributed by atoms with Crippen LogP contribution < -0.4 is 5.32 Å². The molecule has 1 aliphatic heterocycles. The quantitative estimate of drug-likeness (QED) is 0.792. The minimum absolute atomic E-state index is 0.372. The van der Waals surface area contributed by atoms with Crippen LogP contribution in [0.3, 0.4) is 0 Å². The van der Waals surface area contributed by atoms with E-state index in [-0.39, 0.29) is 0 Å². The summed E-state index contributed by atoms with van der Waals surface area (Å²) in [7, 11) is 2.00. The van der Waals surface area contributed by atoms with Crippen LogP contribution in [0.4, 0.5) is 0 Å². The molecule has 0 radical (unpaired) electrons. The molecule has 1 unspecified atom stereocenters. The first-order chi connectivity index (χ1) is 7.77. The third kappa shape index (κ3) is 2.97. The zero-order valence-corrected chi connectivity index (χ0v) is 10.4. The van der Waals surface area contributed by atoms with Crippen LogP contribution in [0.5, 0.6) is 0 Å². The molecule has 1 amide bonds. The summed E-state index contributed by atoms with van der Waals surface area (Å²) in [5, 5.41) is 3.40. The third-order valence-corrected chi connectivity index (χ3v) is 4.17. The average molecular weight is 224 g/mol. The normalized spacial score (nSPS) is 26.9. The topological polar surface area (TPSA) is 32.3 Å². The lowest BCUT2D eigenvalue weighted by molar-refractivity contribution is -0.133. The summed E-state index contributed by atoms with van der Waals surface area (Å²) in [5.41, 5.74) is 0. The van der Waals surface area contributed by atoms with Crippen molar-refractivity contribution in [1.29, 1.82) is 0 Å². The van der Waals surface area contributed by atoms with Gasteiger partial charge in [-0.2, -0.15) is 0 Å². The Morgan fingerprint density at radius 1 is 1.19 bits per heavy atom. The van der Waals surface area contributed by atoms with E-state index in [0.717, 1.165) is 25.9 Å². The van der Waals surface area contributed by atoms with Crippen molar-refractivity contribution in [3.63, 3.8) is 0 Å². The van der Waals surface area contributed by atoms with Gasteiger partial charge in [0.1, 0.15) is 0 Å². The second-order valence-electron chi connectivity index (χ2n) is 5.34. The van der Waals surface area contributed by atoms with Crippen molar-refractivity contribution in [3.8, 4) is 0 Å². The second-order valence-corrected chi connectivity index (χ2v) is 5.34. The van der Waals surface area contributed by atoms with Crippen molar-refractivity contribution in [3.05, 3.63) is 0 Å². The largest absolute Gasteiger partial charge is 0.343 e. The number of carbonyl (C=O) groups is 1. The predicted molar refractivity (Wildman–Crippen MR) is 65.2 cm³/mol. The van der Waals surface area contributed by atoms with Crippen molar-refractivity contribution in [2.24, 2.45) is 5.92 Å². The molecule has 16 heavy (non-hydrogen) atoms. The van der Waals surface area contributed by atoms with E-state index in [9.17, 15) is 4.79 Å². The highest BCUT2D eigenvalue weighted by Gasteiger charge is 2.26. The highest BCUT2D eigenvalue weighted by molar-refractivity contribution is 5.76. The van der Waals surface area contributed by atoms with Gasteiger partial charge in [-0.1, -0.05) is 6.42 Å². The maximum Gasteiger partial charge on any atom is 0.222 e. The molecule has 1 atom stereocenters. The van der Waals surface area contributed by atoms with E-state index in [1.54, 1.807) is 0 Å². The maximum atomic E-state index is 12.1. The summed E-state index contributed by atoms with van der Waals surface area (Å²) < 4.78 is 0. The van der Waals surface area contributed by atoms with E-state index in [2.05, 4.69) is 5.32 Å². The molecule has 1 N–H and O–H groups in total. The number of hydrogen-bond acceptors (Lipinski definition) is 2. The van der Waals surface area contributed by atoms with Crippen molar-refractivity contribution < 1.29 is 4.79 Å². The predicted octanol–water partition coefficient (Wildman–Crippen LogP) is 1.78. The molecule has 0 aromatic carbocycles. The molecule has 1 heterocycles. The second kappa shape index (κ2) is 5.67. The van der Waals surface area contributed by atoms with E-state index in [1.165, 1.54) is 32.1 Å². The van der Waals surface area contributed by atoms with E-state index >= 15 is 0 Å². The fourth-order valence-electron chi connectivity index (χ4n) is 2.68. The van der Waals surface area contributed by atoms with Crippen LogP contribution in [-0.2, 0) is 4.79 Å². The first kappa shape index (κ1) is 11.9. The summed E-state index contributed by atoms with van der Waals surface area (Å²) in [4.78, 5) is 14.1. The fourth-order valence-corrected chi connectivity index (χ4v) is 2.68. The molecule has 0 aromatic rings. The molecule has 92 valence electrons. The van der Waals surface area contributed by atoms with Crippen molar-refractivity contribution in [2.75, 3.05) is 20.1 Å². The van der Waals surface area contributed by atoms with E-state index in [1.807, 2.05) is 11.9 Å². The van der Waals surface area contributed by atoms with Gasteiger partial charge >= 0.3 is 0 Å². The molecular weight excluding hydrogens is 200 g/mol. The van der Waals surface area contributed by atoms with Gasteiger partial charge in [0.15, 0.2) is 0 Å². The first-order valence-electron chi connectivity index (χ1n) is 6.74. The Balaban J connectivity index is 1.79. The third-order valence-electron chi connectivity index (χ3n) is 4.17. The van der Waals surface area contributed by atoms with Gasteiger partial charge < -0.3 is 10.2 Å². The van der Waals surface area contributed by atoms with Crippen LogP contribution in [0.15, 0.2) is 0 Å². The molecule has 3 nitrogen and oxygen atoms in total. The molecule has 3 heteroatoms. The van der Waals surface area contributed by atoms with Gasteiger partial charge in [-0.3, -0.25) is 4.79 Å². The number of carbonyl (C=O) groups excluding carboxylic acids is 1. The number of rotatable bonds is 3. The summed E-state index contributed by atoms with van der Waals surface area (Å²) in [6.45, 7) is 2.17. The Morgan fingerprint density at radius 3 is 2.69 bits per heavy atom. The SMILES string of the molecule is CN(C(=O)CC1CCC1)C1CCCNCC1. The standard InChI is InChI=1S/C13H24N2O/c1-15(12-6-3-8-14-9-7-12)13(16)10-11-4-2-5-11/h11-12,14H,2-10H2,1H3. The highest BCUT2D eigenvalue weighted by atomic mass is 16.2. The summed E-state index contributed by atoms with van der Waals surface area (Å²) in [5.74, 6) is 1.07. The molecule has 1 aliphatic carbocycles. The number of amides is 1. The average Bonchev–Trinajstić information content (AvgIpc) is 2.50. The van der Waals surface area contributed by atoms with Gasteiger partial charge in [0.25, 0.3) is 0 Å². The minimum Gasteiger partial charge on any atom is -0.343 e. The van der Waals surface area contributed by atoms with E-state index < -0.39 is 0 Å². The maximum absolute atomic E-state index is 12.1. The Labute approximate surface area is 98.6 Å². The molecule has 2 aliphatic rings. The van der Waals surface area contributed by atoms with Crippen LogP contribution in [0.25, 0.3) is 0 Å². The van der Waals surface area contributed by atoms with Gasteiger partial charge in [-0.25, -0.2) is 0 Å². The smallest absolute Gasteiger partial charge is 0.222 e. The van der Waals surface area contributed by atoms with Gasteiger partial charge in [-0.05, 0) is 51.1 Å². The summed E-state index contributed by atoms with van der Waals surface area (Å²) in [6.07, 6.45) is 8.14. The molecule has 0 bridgehead atoms. The van der Waals surface area contributed by atoms with Crippen LogP contribution in [0.1, 0.15) is 44.9 Å². The van der Waals surface area contributed by atoms with Gasteiger partial charge in [-0.15, -0.1) is 0 Å². The van der Waals surface area contributed by atoms with Gasteiger partial charge in [0.05, 0.1) is 0 Å². The molecule has 2 fully saturated rings. The lowest BCUT2D eigenvalue weighted by Gasteiger charge is -2.31. The first-order valence-corrected chi connectivity index (χ1v) is 6.74. The number of nitrogens with zero attached hydrogens (tertiary/aromatic N) is 1. The Morgan fingerprint density at radius 2 is 2.00 bits per heavy atom. The van der Waals surface area contributed by atoms with Crippen LogP contribution in [-0.4, -0.2) is 37.0 Å². The fraction of sp³-hybridized carbons (Fsp3) is 0.923. The monoisotopic (exact) mass is 224 g/mol. The van der Waals surface area contributed by atoms with Crippen LogP contribution >= 0.6 is 0 Å². The molecule has 0 spiro atoms. The molecule has 0 aromatic heterocycles. The van der Waals surface area contributed by atoms with Crippen molar-refractivity contribution >= 4 is 5.91 Å². The lowest BCUT2D eigenvalue weighted by atomic mass is 9.82. The molecule has 2 rings (SSSR count). The Hall–Kier alpha value is -0.570. The number of nitrogens with one attached hydrogen (secondary N) is 1. The highest BCUT2D eigenvalue weighted by Crippen LogP contribution is 2.30. The molecular formula is C13H24N2O. The molecule has 1 saturated carbocycles. The van der Waals surface area contributed by atoms with Gasteiger partial charge in [0, 0.05) is 19.5 Å². The zero-order valence-electron chi connectivity index (χ0n) is 10.4. The van der Waals surface area contributed by atoms with E-state index in [4.69, 9.17) is 0 Å². The van der Waals surface area contributed by atoms with Crippen LogP contribution in [0, 0.1) is 5.92 Å². The Bertz CT molecular complexity index is 230. The van der Waals surface area contributed by atoms with Crippen molar-refractivity contribution in [2.45, 2.75) is 51.0 Å². The minimum atomic E-state index is 0.372. The summed E-state index contributed by atoms with van der Waals surface area (Å²) in [6, 6.07) is 0.475. The zero-order chi connectivity index (χ0) is 11.4. The lowest BCUT2D eigenvalue weighted by Crippen LogP contribution is -2.39. The summed E-state index contributed by atoms with van der Waals surface area (Å²) >= 11 is 0.